The standard InChI is InChI=1S/C24H19Cl2NO4/c25-20-10-13(11-21(27)23(28)29)9-18(22(20)26)24(30)31-12-19-16-7-3-1-5-14(16)15-6-2-4-8-17(15)19/h1-10,19,21H,11-12,27H2,(H,28,29). The molecule has 4 rings (SSSR count). The molecule has 1 unspecified atom stereocenters. The fourth-order valence-electron chi connectivity index (χ4n) is 3.93. The molecule has 5 nitrogen and oxygen atoms in total. The summed E-state index contributed by atoms with van der Waals surface area (Å²) in [7, 11) is 0. The van der Waals surface area contributed by atoms with Gasteiger partial charge in [-0.15, -0.1) is 0 Å². The molecule has 0 saturated carbocycles. The van der Waals surface area contributed by atoms with Crippen LogP contribution >= 0.6 is 23.2 Å². The van der Waals surface area contributed by atoms with Crippen LogP contribution in [0, 0.1) is 0 Å². The number of hydrogen-bond donors (Lipinski definition) is 2. The lowest BCUT2D eigenvalue weighted by molar-refractivity contribution is -0.138. The van der Waals surface area contributed by atoms with Crippen LogP contribution in [-0.4, -0.2) is 29.7 Å². The van der Waals surface area contributed by atoms with Crippen LogP contribution in [0.5, 0.6) is 0 Å². The normalized spacial score (nSPS) is 13.4. The second-order valence-electron chi connectivity index (χ2n) is 7.41. The summed E-state index contributed by atoms with van der Waals surface area (Å²) < 4.78 is 5.64. The third-order valence-electron chi connectivity index (χ3n) is 5.42. The zero-order chi connectivity index (χ0) is 22.1. The molecule has 7 heteroatoms. The van der Waals surface area contributed by atoms with E-state index in [1.54, 1.807) is 0 Å². The fourth-order valence-corrected chi connectivity index (χ4v) is 4.36. The first-order valence-electron chi connectivity index (χ1n) is 9.68. The highest BCUT2D eigenvalue weighted by Crippen LogP contribution is 2.44. The van der Waals surface area contributed by atoms with Crippen LogP contribution in [-0.2, 0) is 16.0 Å². The van der Waals surface area contributed by atoms with Crippen molar-refractivity contribution >= 4 is 35.1 Å². The minimum Gasteiger partial charge on any atom is -0.480 e. The number of nitrogens with two attached hydrogens (primary N) is 1. The SMILES string of the molecule is NC(Cc1cc(Cl)c(Cl)c(C(=O)OCC2c3ccccc3-c3ccccc32)c1)C(=O)O. The maximum absolute atomic E-state index is 12.9. The van der Waals surface area contributed by atoms with E-state index in [-0.39, 0.29) is 34.6 Å². The quantitative estimate of drug-likeness (QED) is 0.514. The predicted molar refractivity (Wildman–Crippen MR) is 120 cm³/mol. The van der Waals surface area contributed by atoms with Crippen LogP contribution in [0.15, 0.2) is 60.7 Å². The molecule has 0 aromatic heterocycles. The Morgan fingerprint density at radius 2 is 1.58 bits per heavy atom. The second kappa shape index (κ2) is 8.71. The molecule has 31 heavy (non-hydrogen) atoms. The number of esters is 1. The molecule has 0 bridgehead atoms. The van der Waals surface area contributed by atoms with Crippen molar-refractivity contribution in [1.29, 1.82) is 0 Å². The molecule has 3 N–H and O–H groups in total. The Kier molecular flexibility index (Phi) is 6.01. The summed E-state index contributed by atoms with van der Waals surface area (Å²) in [5, 5.41) is 9.24. The molecule has 0 amide bonds. The Labute approximate surface area is 189 Å². The zero-order valence-corrected chi connectivity index (χ0v) is 17.9. The van der Waals surface area contributed by atoms with Gasteiger partial charge in [-0.2, -0.15) is 0 Å². The largest absolute Gasteiger partial charge is 0.480 e. The highest BCUT2D eigenvalue weighted by atomic mass is 35.5. The molecule has 3 aromatic carbocycles. The summed E-state index contributed by atoms with van der Waals surface area (Å²) in [5.74, 6) is -1.86. The first kappa shape index (κ1) is 21.4. The zero-order valence-electron chi connectivity index (χ0n) is 16.3. The van der Waals surface area contributed by atoms with Crippen molar-refractivity contribution in [1.82, 2.24) is 0 Å². The van der Waals surface area contributed by atoms with Crippen LogP contribution < -0.4 is 5.73 Å². The summed E-state index contributed by atoms with van der Waals surface area (Å²) >= 11 is 12.4. The third-order valence-corrected chi connectivity index (χ3v) is 6.23. The molecular formula is C24H19Cl2NO4. The van der Waals surface area contributed by atoms with Gasteiger partial charge in [0.1, 0.15) is 12.6 Å². The summed E-state index contributed by atoms with van der Waals surface area (Å²) in [6.07, 6.45) is 0.00980. The smallest absolute Gasteiger partial charge is 0.339 e. The highest BCUT2D eigenvalue weighted by Gasteiger charge is 2.29. The topological polar surface area (TPSA) is 89.6 Å². The van der Waals surface area contributed by atoms with Gasteiger partial charge in [-0.3, -0.25) is 4.79 Å². The first-order chi connectivity index (χ1) is 14.9. The van der Waals surface area contributed by atoms with Gasteiger partial charge in [0.05, 0.1) is 15.6 Å². The van der Waals surface area contributed by atoms with Gasteiger partial charge < -0.3 is 15.6 Å². The molecule has 0 saturated heterocycles. The Balaban J connectivity index is 1.57. The average molecular weight is 456 g/mol. The number of ether oxygens (including phenoxy) is 1. The van der Waals surface area contributed by atoms with Crippen molar-refractivity contribution in [2.24, 2.45) is 5.73 Å². The Morgan fingerprint density at radius 3 is 2.16 bits per heavy atom. The van der Waals surface area contributed by atoms with E-state index in [4.69, 9.17) is 38.8 Å². The summed E-state index contributed by atoms with van der Waals surface area (Å²) in [5.41, 5.74) is 10.6. The van der Waals surface area contributed by atoms with Crippen LogP contribution in [0.25, 0.3) is 11.1 Å². The van der Waals surface area contributed by atoms with Gasteiger partial charge in [-0.05, 0) is 46.4 Å². The average Bonchev–Trinajstić information content (AvgIpc) is 3.08. The molecule has 1 aliphatic rings. The Morgan fingerprint density at radius 1 is 1.00 bits per heavy atom. The van der Waals surface area contributed by atoms with Gasteiger partial charge in [0, 0.05) is 5.92 Å². The fraction of sp³-hybridized carbons (Fsp3) is 0.167. The summed E-state index contributed by atoms with van der Waals surface area (Å²) in [6.45, 7) is 0.139. The van der Waals surface area contributed by atoms with Crippen LogP contribution in [0.4, 0.5) is 0 Å². The maximum atomic E-state index is 12.9. The van der Waals surface area contributed by atoms with Gasteiger partial charge in [-0.1, -0.05) is 71.7 Å². The van der Waals surface area contributed by atoms with Crippen LogP contribution in [0.1, 0.15) is 33.0 Å². The second-order valence-corrected chi connectivity index (χ2v) is 8.20. The first-order valence-corrected chi connectivity index (χ1v) is 10.4. The number of carboxylic acids is 1. The van der Waals surface area contributed by atoms with Gasteiger partial charge in [0.15, 0.2) is 0 Å². The third kappa shape index (κ3) is 4.17. The molecular weight excluding hydrogens is 437 g/mol. The number of carbonyl (C=O) groups is 2. The lowest BCUT2D eigenvalue weighted by Gasteiger charge is -2.15. The number of rotatable bonds is 6. The van der Waals surface area contributed by atoms with Gasteiger partial charge in [0.25, 0.3) is 0 Å². The molecule has 3 aromatic rings. The molecule has 1 aliphatic carbocycles. The van der Waals surface area contributed by atoms with E-state index in [1.165, 1.54) is 12.1 Å². The molecule has 158 valence electrons. The van der Waals surface area contributed by atoms with Crippen molar-refractivity contribution in [3.63, 3.8) is 0 Å². The molecule has 0 spiro atoms. The molecule has 0 heterocycles. The van der Waals surface area contributed by atoms with Crippen LogP contribution in [0.3, 0.4) is 0 Å². The number of carbonyl (C=O) groups excluding carboxylic acids is 1. The predicted octanol–water partition coefficient (Wildman–Crippen LogP) is 4.92. The highest BCUT2D eigenvalue weighted by molar-refractivity contribution is 6.43. The number of hydrogen-bond acceptors (Lipinski definition) is 4. The minimum atomic E-state index is -1.14. The number of benzene rings is 3. The van der Waals surface area contributed by atoms with E-state index in [9.17, 15) is 9.59 Å². The van der Waals surface area contributed by atoms with E-state index in [0.717, 1.165) is 22.3 Å². The lowest BCUT2D eigenvalue weighted by atomic mass is 9.98. The molecule has 0 radical (unpaired) electrons. The Hall–Kier alpha value is -2.86. The number of aliphatic carboxylic acids is 1. The molecule has 0 aliphatic heterocycles. The molecule has 1 atom stereocenters. The van der Waals surface area contributed by atoms with E-state index in [0.29, 0.717) is 5.56 Å². The van der Waals surface area contributed by atoms with Crippen molar-refractivity contribution in [3.05, 3.63) is 93.0 Å². The maximum Gasteiger partial charge on any atom is 0.339 e. The summed E-state index contributed by atoms with van der Waals surface area (Å²) in [4.78, 5) is 23.9. The van der Waals surface area contributed by atoms with E-state index < -0.39 is 18.0 Å². The van der Waals surface area contributed by atoms with Crippen molar-refractivity contribution < 1.29 is 19.4 Å². The van der Waals surface area contributed by atoms with Crippen molar-refractivity contribution in [2.75, 3.05) is 6.61 Å². The number of carboxylic acid groups (broad SMARTS) is 1. The minimum absolute atomic E-state index is 0.00980. The molecule has 0 fully saturated rings. The monoisotopic (exact) mass is 455 g/mol. The van der Waals surface area contributed by atoms with E-state index >= 15 is 0 Å². The van der Waals surface area contributed by atoms with E-state index in [2.05, 4.69) is 12.1 Å². The lowest BCUT2D eigenvalue weighted by Crippen LogP contribution is -2.32. The van der Waals surface area contributed by atoms with Crippen molar-refractivity contribution in [2.45, 2.75) is 18.4 Å². The van der Waals surface area contributed by atoms with Gasteiger partial charge in [-0.25, -0.2) is 4.79 Å². The van der Waals surface area contributed by atoms with E-state index in [1.807, 2.05) is 36.4 Å². The van der Waals surface area contributed by atoms with Crippen molar-refractivity contribution in [3.8, 4) is 11.1 Å². The van der Waals surface area contributed by atoms with Gasteiger partial charge in [0.2, 0.25) is 0 Å². The Bertz CT molecular complexity index is 1130. The van der Waals surface area contributed by atoms with Crippen LogP contribution in [0.2, 0.25) is 10.0 Å². The van der Waals surface area contributed by atoms with Gasteiger partial charge >= 0.3 is 11.9 Å². The number of halogens is 2. The number of fused-ring (bicyclic) bond motifs is 3. The summed E-state index contributed by atoms with van der Waals surface area (Å²) in [6, 6.07) is 17.9.